The van der Waals surface area contributed by atoms with E-state index in [0.29, 0.717) is 0 Å². The molecule has 3 saturated heterocycles. The molecular weight excluding hydrogens is 1090 g/mol. The number of ether oxygens (including phenoxy) is 16. The lowest BCUT2D eigenvalue weighted by atomic mass is 9.87. The minimum absolute atomic E-state index is 0.763. The predicted molar refractivity (Wildman–Crippen MR) is 251 cm³/mol. The zero-order valence-electron chi connectivity index (χ0n) is 45.6. The first-order chi connectivity index (χ1) is 37.3. The molecule has 0 saturated carbocycles. The lowest BCUT2D eigenvalue weighted by molar-refractivity contribution is -0.356. The number of nitrogens with two attached hydrogens (primary N) is 1. The molecule has 0 aromatic rings. The van der Waals surface area contributed by atoms with Gasteiger partial charge >= 0.3 is 65.7 Å². The van der Waals surface area contributed by atoms with Crippen molar-refractivity contribution in [2.24, 2.45) is 5.73 Å². The zero-order valence-corrected chi connectivity index (χ0v) is 45.6. The Kier molecular flexibility index (Phi) is 25.5. The van der Waals surface area contributed by atoms with Crippen molar-refractivity contribution in [2.45, 2.75) is 186 Å². The fraction of sp³-hybridized carbons (Fsp3) is 0.723. The monoisotopic (exact) mass is 1150 g/mol. The van der Waals surface area contributed by atoms with Crippen molar-refractivity contribution >= 4 is 77.5 Å². The number of amides is 2. The SMILES string of the molecule is COC(=O)[C@@]1(OC[C@H]2O[C@H](OC[C@H](N)C(=O)O)[C@H](NC(C)=O)[C@@H](O[C@@H]3O[C@H](COC(C)=O)[C@H](OC(C)=O)[C@H](OC(C)=O)[C@H]3OC(C)=O)[C@H]2OC(C)=O)C[C@H](OC(C)=O)[C@@H](NC(C)=O)[C@H]([C@H](OC(C)=O)[C@@H](COC(C)=O)OC(C)=O)O1. The summed E-state index contributed by atoms with van der Waals surface area (Å²) in [6.07, 6.45) is -25.9. The minimum atomic E-state index is -2.97. The topological polar surface area (TPSA) is 440 Å². The molecule has 0 radical (unpaired) electrons. The molecule has 3 rings (SSSR count). The molecule has 0 unspecified atom stereocenters. The first kappa shape index (κ1) is 67.1. The quantitative estimate of drug-likeness (QED) is 0.0511. The van der Waals surface area contributed by atoms with Crippen molar-refractivity contribution in [3.8, 4) is 0 Å². The van der Waals surface area contributed by atoms with E-state index in [0.717, 1.165) is 83.3 Å². The van der Waals surface area contributed by atoms with Crippen molar-refractivity contribution < 1.29 is 143 Å². The van der Waals surface area contributed by atoms with E-state index in [1.54, 1.807) is 0 Å². The van der Waals surface area contributed by atoms with Crippen molar-refractivity contribution in [1.29, 1.82) is 0 Å². The molecule has 0 aromatic carbocycles. The Bertz CT molecular complexity index is 2300. The van der Waals surface area contributed by atoms with Crippen molar-refractivity contribution in [1.82, 2.24) is 10.6 Å². The Labute approximate surface area is 456 Å². The highest BCUT2D eigenvalue weighted by Crippen LogP contribution is 2.40. The highest BCUT2D eigenvalue weighted by molar-refractivity contribution is 5.79. The summed E-state index contributed by atoms with van der Waals surface area (Å²) in [5.41, 5.74) is 5.80. The average molecular weight is 1150 g/mol. The Morgan fingerprint density at radius 3 is 1.54 bits per heavy atom. The summed E-state index contributed by atoms with van der Waals surface area (Å²) in [6.45, 7) is 6.83. The number of carboxylic acid groups (broad SMARTS) is 1. The molecule has 0 bridgehead atoms. The van der Waals surface area contributed by atoms with Crippen LogP contribution in [0.1, 0.15) is 82.6 Å². The van der Waals surface area contributed by atoms with Crippen LogP contribution in [0.4, 0.5) is 0 Å². The van der Waals surface area contributed by atoms with E-state index in [1.807, 2.05) is 0 Å². The molecular formula is C47H67N3O30. The summed E-state index contributed by atoms with van der Waals surface area (Å²) in [4.78, 5) is 166. The Hall–Kier alpha value is -7.17. The molecule has 0 aliphatic carbocycles. The molecule has 5 N–H and O–H groups in total. The second-order valence-corrected chi connectivity index (χ2v) is 18.0. The molecule has 3 aliphatic heterocycles. The van der Waals surface area contributed by atoms with E-state index in [9.17, 15) is 67.4 Å². The summed E-state index contributed by atoms with van der Waals surface area (Å²) < 4.78 is 91.7. The Morgan fingerprint density at radius 2 is 1.05 bits per heavy atom. The van der Waals surface area contributed by atoms with Gasteiger partial charge in [0.15, 0.2) is 49.2 Å². The van der Waals surface area contributed by atoms with Crippen LogP contribution in [0.25, 0.3) is 0 Å². The third-order valence-corrected chi connectivity index (χ3v) is 11.3. The van der Waals surface area contributed by atoms with Crippen LogP contribution in [0.3, 0.4) is 0 Å². The summed E-state index contributed by atoms with van der Waals surface area (Å²) in [7, 11) is 0.849. The number of carbonyl (C=O) groups excluding carboxylic acids is 12. The van der Waals surface area contributed by atoms with Gasteiger partial charge in [0.2, 0.25) is 11.8 Å². The lowest BCUT2D eigenvalue weighted by Gasteiger charge is -2.50. The number of rotatable bonds is 25. The summed E-state index contributed by atoms with van der Waals surface area (Å²) in [6, 6.07) is -5.27. The predicted octanol–water partition coefficient (Wildman–Crippen LogP) is -3.42. The number of carboxylic acids is 1. The van der Waals surface area contributed by atoms with E-state index in [2.05, 4.69) is 10.6 Å². The second kappa shape index (κ2) is 30.4. The van der Waals surface area contributed by atoms with E-state index in [-0.39, 0.29) is 0 Å². The highest BCUT2D eigenvalue weighted by Gasteiger charge is 2.62. The van der Waals surface area contributed by atoms with Crippen LogP contribution < -0.4 is 16.4 Å². The fourth-order valence-corrected chi connectivity index (χ4v) is 8.55. The van der Waals surface area contributed by atoms with Crippen LogP contribution >= 0.6 is 0 Å². The van der Waals surface area contributed by atoms with Gasteiger partial charge in [0.1, 0.15) is 55.8 Å². The average Bonchev–Trinajstić information content (AvgIpc) is 3.39. The van der Waals surface area contributed by atoms with Gasteiger partial charge in [0, 0.05) is 76.2 Å². The van der Waals surface area contributed by atoms with Gasteiger partial charge in [0.25, 0.3) is 5.79 Å². The van der Waals surface area contributed by atoms with Gasteiger partial charge in [-0.1, -0.05) is 0 Å². The summed E-state index contributed by atoms with van der Waals surface area (Å²) in [5, 5.41) is 14.7. The normalized spacial score (nSPS) is 29.2. The standard InChI is InChI=1S/C47H67N3O30/c1-18(51)49-34-30(70-22(5)55)13-47(46(64)65-12,80-40(34)37(73-25(8)58)31(71-23(6)56)15-66-20(3)53)69-17-33-36(72-24(7)57)39(35(50-19(2)52)44(77-33)68-14-29(48)43(62)63)79-45-42(76-28(11)61)41(75-27(10)60)38(74-26(9)59)32(78-45)16-67-21(4)54/h29-42,44-45H,13-17,48H2,1-12H3,(H,49,51)(H,50,52)(H,62,63)/t29-,30-,31+,32+,33+,34+,35+,36-,37+,38-,39+,40+,41-,42+,44-,45-,47+/m0/s1. The zero-order chi connectivity index (χ0) is 60.5. The molecule has 450 valence electrons. The third-order valence-electron chi connectivity index (χ3n) is 11.3. The van der Waals surface area contributed by atoms with Gasteiger partial charge in [0.05, 0.1) is 32.8 Å². The van der Waals surface area contributed by atoms with Gasteiger partial charge in [-0.3, -0.25) is 57.5 Å². The van der Waals surface area contributed by atoms with Gasteiger partial charge in [-0.25, -0.2) is 4.79 Å². The summed E-state index contributed by atoms with van der Waals surface area (Å²) >= 11 is 0. The van der Waals surface area contributed by atoms with E-state index in [4.69, 9.17) is 81.5 Å². The fourth-order valence-electron chi connectivity index (χ4n) is 8.55. The van der Waals surface area contributed by atoms with E-state index in [1.165, 1.54) is 0 Å². The second-order valence-electron chi connectivity index (χ2n) is 18.0. The summed E-state index contributed by atoms with van der Waals surface area (Å²) in [5.74, 6) is -17.0. The maximum atomic E-state index is 14.4. The van der Waals surface area contributed by atoms with Gasteiger partial charge in [-0.2, -0.15) is 0 Å². The van der Waals surface area contributed by atoms with Crippen LogP contribution in [0.15, 0.2) is 0 Å². The first-order valence-corrected chi connectivity index (χ1v) is 24.3. The molecule has 3 fully saturated rings. The Balaban J connectivity index is 2.44. The molecule has 2 amide bonds. The molecule has 17 atom stereocenters. The van der Waals surface area contributed by atoms with Crippen LogP contribution in [0.2, 0.25) is 0 Å². The smallest absolute Gasteiger partial charge is 0.366 e. The van der Waals surface area contributed by atoms with Crippen LogP contribution in [-0.4, -0.2) is 220 Å². The molecule has 33 nitrogen and oxygen atoms in total. The van der Waals surface area contributed by atoms with Crippen molar-refractivity contribution in [3.63, 3.8) is 0 Å². The minimum Gasteiger partial charge on any atom is -0.480 e. The number of carbonyl (C=O) groups is 13. The maximum absolute atomic E-state index is 14.4. The number of hydrogen-bond donors (Lipinski definition) is 4. The van der Waals surface area contributed by atoms with E-state index < -0.39 is 214 Å². The van der Waals surface area contributed by atoms with Gasteiger partial charge in [-0.15, -0.1) is 0 Å². The van der Waals surface area contributed by atoms with Crippen molar-refractivity contribution in [2.75, 3.05) is 33.5 Å². The molecule has 0 aromatic heterocycles. The van der Waals surface area contributed by atoms with Gasteiger partial charge in [-0.05, 0) is 0 Å². The Morgan fingerprint density at radius 1 is 0.562 bits per heavy atom. The number of nitrogens with one attached hydrogen (secondary N) is 2. The molecule has 3 aliphatic rings. The van der Waals surface area contributed by atoms with Crippen LogP contribution in [0, 0.1) is 0 Å². The maximum Gasteiger partial charge on any atom is 0.366 e. The largest absolute Gasteiger partial charge is 0.480 e. The van der Waals surface area contributed by atoms with Crippen LogP contribution in [-0.2, 0) is 138 Å². The molecule has 0 spiro atoms. The van der Waals surface area contributed by atoms with Crippen molar-refractivity contribution in [3.05, 3.63) is 0 Å². The number of hydrogen-bond acceptors (Lipinski definition) is 30. The molecule has 3 heterocycles. The number of methoxy groups -OCH3 is 1. The van der Waals surface area contributed by atoms with Crippen LogP contribution in [0.5, 0.6) is 0 Å². The molecule has 33 heteroatoms. The lowest BCUT2D eigenvalue weighted by Crippen LogP contribution is -2.71. The highest BCUT2D eigenvalue weighted by atomic mass is 16.8. The van der Waals surface area contributed by atoms with Gasteiger partial charge < -0.3 is 97.3 Å². The number of aliphatic carboxylic acids is 1. The third kappa shape index (κ3) is 19.9. The first-order valence-electron chi connectivity index (χ1n) is 24.3. The molecule has 80 heavy (non-hydrogen) atoms. The van der Waals surface area contributed by atoms with E-state index >= 15 is 0 Å². The number of esters is 10.